The number of hydrogen-bond acceptors (Lipinski definition) is 4. The zero-order chi connectivity index (χ0) is 20.6. The van der Waals surface area contributed by atoms with E-state index in [-0.39, 0.29) is 29.9 Å². The molecule has 2 unspecified atom stereocenters. The Morgan fingerprint density at radius 2 is 1.77 bits per heavy atom. The largest absolute Gasteiger partial charge is 0.355 e. The first-order chi connectivity index (χ1) is 14.1. The third-order valence-electron chi connectivity index (χ3n) is 7.06. The minimum Gasteiger partial charge on any atom is -0.355 e. The van der Waals surface area contributed by atoms with E-state index in [1.807, 2.05) is 7.05 Å². The molecule has 30 heavy (non-hydrogen) atoms. The summed E-state index contributed by atoms with van der Waals surface area (Å²) in [6.45, 7) is 12.9. The van der Waals surface area contributed by atoms with Crippen molar-refractivity contribution in [1.29, 1.82) is 0 Å². The van der Waals surface area contributed by atoms with Gasteiger partial charge in [0.05, 0.1) is 0 Å². The van der Waals surface area contributed by atoms with Crippen LogP contribution in [0.25, 0.3) is 0 Å². The number of halogens is 1. The van der Waals surface area contributed by atoms with Crippen molar-refractivity contribution < 1.29 is 4.79 Å². The Morgan fingerprint density at radius 3 is 2.40 bits per heavy atom. The van der Waals surface area contributed by atoms with Gasteiger partial charge in [-0.3, -0.25) is 14.7 Å². The van der Waals surface area contributed by atoms with E-state index in [1.54, 1.807) is 0 Å². The number of nitrogens with one attached hydrogen (secondary N) is 2. The molecule has 174 valence electrons. The lowest BCUT2D eigenvalue weighted by Gasteiger charge is -2.37. The van der Waals surface area contributed by atoms with Crippen molar-refractivity contribution in [3.63, 3.8) is 0 Å². The van der Waals surface area contributed by atoms with E-state index in [9.17, 15) is 4.79 Å². The number of carbonyl (C=O) groups excluding carboxylic acids is 1. The zero-order valence-electron chi connectivity index (χ0n) is 19.2. The summed E-state index contributed by atoms with van der Waals surface area (Å²) < 4.78 is 0. The Hall–Kier alpha value is -0.610. The van der Waals surface area contributed by atoms with Crippen molar-refractivity contribution in [2.75, 3.05) is 59.4 Å². The highest BCUT2D eigenvalue weighted by atomic mass is 127. The quantitative estimate of drug-likeness (QED) is 0.310. The molecule has 0 radical (unpaired) electrons. The number of guanidine groups is 1. The summed E-state index contributed by atoms with van der Waals surface area (Å²) in [4.78, 5) is 24.4. The van der Waals surface area contributed by atoms with E-state index in [2.05, 4.69) is 44.2 Å². The van der Waals surface area contributed by atoms with Crippen LogP contribution in [0.3, 0.4) is 0 Å². The van der Waals surface area contributed by atoms with Crippen LogP contribution >= 0.6 is 24.0 Å². The molecular formula is C22H43IN6O. The zero-order valence-corrected chi connectivity index (χ0v) is 21.6. The molecule has 1 aliphatic carbocycles. The molecule has 0 aromatic heterocycles. The molecule has 2 saturated heterocycles. The van der Waals surface area contributed by atoms with Crippen molar-refractivity contribution in [3.05, 3.63) is 0 Å². The van der Waals surface area contributed by atoms with E-state index in [0.717, 1.165) is 64.5 Å². The molecule has 7 nitrogen and oxygen atoms in total. The van der Waals surface area contributed by atoms with Crippen LogP contribution in [0.5, 0.6) is 0 Å². The fourth-order valence-electron chi connectivity index (χ4n) is 4.97. The Balaban J connectivity index is 0.00000320. The maximum absolute atomic E-state index is 12.8. The summed E-state index contributed by atoms with van der Waals surface area (Å²) in [5.41, 5.74) is 0. The molecule has 3 fully saturated rings. The van der Waals surface area contributed by atoms with Crippen LogP contribution in [0.2, 0.25) is 0 Å². The smallest absolute Gasteiger partial charge is 0.225 e. The molecule has 3 aliphatic rings. The SMILES string of the molecule is CCN1CCN(C(C)CNC(=NC)NC2CCN(C(=O)C3CCCCC3)C2)CC1.I. The Bertz CT molecular complexity index is 546. The summed E-state index contributed by atoms with van der Waals surface area (Å²) in [6, 6.07) is 0.789. The molecule has 2 N–H and O–H groups in total. The maximum Gasteiger partial charge on any atom is 0.225 e. The summed E-state index contributed by atoms with van der Waals surface area (Å²) in [5.74, 6) is 1.52. The van der Waals surface area contributed by atoms with Gasteiger partial charge in [0, 0.05) is 70.9 Å². The molecule has 2 aliphatic heterocycles. The van der Waals surface area contributed by atoms with Crippen molar-refractivity contribution in [2.24, 2.45) is 10.9 Å². The van der Waals surface area contributed by atoms with Gasteiger partial charge >= 0.3 is 0 Å². The summed E-state index contributed by atoms with van der Waals surface area (Å²) in [5, 5.41) is 7.05. The molecule has 2 heterocycles. The first kappa shape index (κ1) is 25.6. The second-order valence-electron chi connectivity index (χ2n) is 9.02. The highest BCUT2D eigenvalue weighted by molar-refractivity contribution is 14.0. The van der Waals surface area contributed by atoms with E-state index in [0.29, 0.717) is 18.0 Å². The second kappa shape index (κ2) is 13.1. The van der Waals surface area contributed by atoms with Crippen molar-refractivity contribution in [1.82, 2.24) is 25.3 Å². The molecule has 2 atom stereocenters. The number of rotatable bonds is 6. The van der Waals surface area contributed by atoms with Crippen molar-refractivity contribution in [3.8, 4) is 0 Å². The van der Waals surface area contributed by atoms with E-state index >= 15 is 0 Å². The number of aliphatic imine (C=N–C) groups is 1. The highest BCUT2D eigenvalue weighted by Gasteiger charge is 2.32. The van der Waals surface area contributed by atoms with Gasteiger partial charge in [-0.15, -0.1) is 24.0 Å². The normalized spacial score (nSPS) is 25.6. The number of likely N-dealkylation sites (tertiary alicyclic amines) is 1. The first-order valence-electron chi connectivity index (χ1n) is 11.8. The van der Waals surface area contributed by atoms with E-state index < -0.39 is 0 Å². The van der Waals surface area contributed by atoms with Gasteiger partial charge in [-0.25, -0.2) is 0 Å². The fourth-order valence-corrected chi connectivity index (χ4v) is 4.97. The van der Waals surface area contributed by atoms with Crippen molar-refractivity contribution in [2.45, 2.75) is 64.5 Å². The lowest BCUT2D eigenvalue weighted by Crippen LogP contribution is -2.53. The lowest BCUT2D eigenvalue weighted by atomic mass is 9.88. The van der Waals surface area contributed by atoms with E-state index in [1.165, 1.54) is 32.4 Å². The molecule has 0 bridgehead atoms. The standard InChI is InChI=1S/C22H42N6O.HI/c1-4-26-12-14-27(15-13-26)18(2)16-24-22(23-3)25-20-10-11-28(17-20)21(29)19-8-6-5-7-9-19;/h18-20H,4-17H2,1-3H3,(H2,23,24,25);1H. The van der Waals surface area contributed by atoms with Crippen LogP contribution in [0, 0.1) is 5.92 Å². The Morgan fingerprint density at radius 1 is 1.07 bits per heavy atom. The number of carbonyl (C=O) groups is 1. The number of piperazine rings is 1. The van der Waals surface area contributed by atoms with Crippen LogP contribution in [0.15, 0.2) is 4.99 Å². The van der Waals surface area contributed by atoms with Gasteiger partial charge in [0.15, 0.2) is 5.96 Å². The molecule has 1 amide bonds. The predicted molar refractivity (Wildman–Crippen MR) is 135 cm³/mol. The highest BCUT2D eigenvalue weighted by Crippen LogP contribution is 2.26. The van der Waals surface area contributed by atoms with Gasteiger partial charge in [-0.05, 0) is 32.7 Å². The fraction of sp³-hybridized carbons (Fsp3) is 0.909. The van der Waals surface area contributed by atoms with E-state index in [4.69, 9.17) is 0 Å². The molecule has 8 heteroatoms. The first-order valence-corrected chi connectivity index (χ1v) is 11.8. The average Bonchev–Trinajstić information content (AvgIpc) is 3.25. The minimum atomic E-state index is 0. The van der Waals surface area contributed by atoms with Gasteiger partial charge in [-0.1, -0.05) is 26.2 Å². The third kappa shape index (κ3) is 7.22. The predicted octanol–water partition coefficient (Wildman–Crippen LogP) is 1.98. The number of hydrogen-bond donors (Lipinski definition) is 2. The number of amides is 1. The van der Waals surface area contributed by atoms with Gasteiger partial charge in [-0.2, -0.15) is 0 Å². The van der Waals surface area contributed by atoms with Gasteiger partial charge in [0.1, 0.15) is 0 Å². The topological polar surface area (TPSA) is 63.2 Å². The van der Waals surface area contributed by atoms with Crippen LogP contribution in [0.4, 0.5) is 0 Å². The van der Waals surface area contributed by atoms with Gasteiger partial charge in [0.2, 0.25) is 5.91 Å². The molecular weight excluding hydrogens is 491 g/mol. The maximum atomic E-state index is 12.8. The summed E-state index contributed by atoms with van der Waals surface area (Å²) in [7, 11) is 1.83. The molecule has 3 rings (SSSR count). The molecule has 1 saturated carbocycles. The molecule has 0 aromatic rings. The van der Waals surface area contributed by atoms with Crippen LogP contribution < -0.4 is 10.6 Å². The average molecular weight is 535 g/mol. The van der Waals surface area contributed by atoms with Crippen LogP contribution in [0.1, 0.15) is 52.4 Å². The number of likely N-dealkylation sites (N-methyl/N-ethyl adjacent to an activating group) is 1. The summed E-state index contributed by atoms with van der Waals surface area (Å²) >= 11 is 0. The van der Waals surface area contributed by atoms with Crippen LogP contribution in [-0.4, -0.2) is 98.1 Å². The van der Waals surface area contributed by atoms with Gasteiger partial charge in [0.25, 0.3) is 0 Å². The second-order valence-corrected chi connectivity index (χ2v) is 9.02. The Kier molecular flexibility index (Phi) is 11.2. The summed E-state index contributed by atoms with van der Waals surface area (Å²) in [6.07, 6.45) is 6.90. The van der Waals surface area contributed by atoms with Crippen molar-refractivity contribution >= 4 is 35.8 Å². The Labute approximate surface area is 200 Å². The number of nitrogens with zero attached hydrogens (tertiary/aromatic N) is 4. The third-order valence-corrected chi connectivity index (χ3v) is 7.06. The van der Waals surface area contributed by atoms with Gasteiger partial charge < -0.3 is 20.4 Å². The monoisotopic (exact) mass is 534 g/mol. The lowest BCUT2D eigenvalue weighted by molar-refractivity contribution is -0.135. The minimum absolute atomic E-state index is 0. The van der Waals surface area contributed by atoms with Crippen LogP contribution in [-0.2, 0) is 4.79 Å². The molecule has 0 aromatic carbocycles. The molecule has 0 spiro atoms.